The first kappa shape index (κ1) is 24.4. The van der Waals surface area contributed by atoms with E-state index in [0.29, 0.717) is 18.9 Å². The molecule has 156 valence electrons. The van der Waals surface area contributed by atoms with Gasteiger partial charge in [0, 0.05) is 31.6 Å². The summed E-state index contributed by atoms with van der Waals surface area (Å²) in [6.45, 7) is 8.50. The van der Waals surface area contributed by atoms with Crippen LogP contribution in [-0.2, 0) is 0 Å². The zero-order chi connectivity index (χ0) is 21.3. The van der Waals surface area contributed by atoms with Gasteiger partial charge in [-0.2, -0.15) is 0 Å². The molecule has 0 radical (unpaired) electrons. The lowest BCUT2D eigenvalue weighted by Gasteiger charge is -2.21. The molecule has 0 saturated heterocycles. The molecule has 2 atom stereocenters. The number of hydrogen-bond donors (Lipinski definition) is 2. The van der Waals surface area contributed by atoms with Crippen molar-refractivity contribution in [2.45, 2.75) is 45.6 Å². The average molecular weight is 393 g/mol. The SMILES string of the molecule is C=CC/C(=N\C(=N/C)C1=CC(NC)C(C/C=C/CC)CC=C1)NC/C=C\C#CC. The molecule has 1 rings (SSSR count). The van der Waals surface area contributed by atoms with Gasteiger partial charge in [0.05, 0.1) is 0 Å². The Morgan fingerprint density at radius 2 is 2.17 bits per heavy atom. The number of allylic oxidation sites excluding steroid dienone is 4. The van der Waals surface area contributed by atoms with Gasteiger partial charge in [0.25, 0.3) is 0 Å². The molecule has 0 saturated carbocycles. The molecule has 1 aliphatic carbocycles. The van der Waals surface area contributed by atoms with Crippen LogP contribution in [0.15, 0.2) is 70.7 Å². The maximum atomic E-state index is 4.79. The van der Waals surface area contributed by atoms with Crippen LogP contribution in [-0.4, -0.2) is 38.4 Å². The Kier molecular flexibility index (Phi) is 12.9. The molecule has 0 amide bonds. The molecule has 0 aromatic heterocycles. The quantitative estimate of drug-likeness (QED) is 0.261. The van der Waals surface area contributed by atoms with Gasteiger partial charge in [-0.05, 0) is 45.2 Å². The number of likely N-dealkylation sites (N-methyl/N-ethyl adjacent to an activating group) is 1. The van der Waals surface area contributed by atoms with E-state index in [0.717, 1.165) is 36.5 Å². The standard InChI is InChI=1S/C25H36N4/c1-6-9-11-13-19-28-24(15-8-3)29-25(27-5)22-18-14-17-21(16-12-10-7-2)23(20-22)26-4/h8,10-14,18,20-21,23,26H,3,7,15-17,19H2,1-2,4-5H3,(H,27,28,29)/b12-10+,13-11-. The van der Waals surface area contributed by atoms with Crippen molar-refractivity contribution in [3.63, 3.8) is 0 Å². The molecule has 4 heteroatoms. The first-order chi connectivity index (χ1) is 14.2. The van der Waals surface area contributed by atoms with Crippen molar-refractivity contribution in [3.05, 3.63) is 60.8 Å². The zero-order valence-electron chi connectivity index (χ0n) is 18.4. The highest BCUT2D eigenvalue weighted by molar-refractivity contribution is 6.08. The summed E-state index contributed by atoms with van der Waals surface area (Å²) in [6.07, 6.45) is 20.6. The molecule has 0 heterocycles. The topological polar surface area (TPSA) is 48.8 Å². The van der Waals surface area contributed by atoms with Gasteiger partial charge in [0.2, 0.25) is 0 Å². The smallest absolute Gasteiger partial charge is 0.156 e. The molecule has 0 aromatic rings. The Labute approximate surface area is 177 Å². The fourth-order valence-corrected chi connectivity index (χ4v) is 3.09. The van der Waals surface area contributed by atoms with E-state index >= 15 is 0 Å². The predicted molar refractivity (Wildman–Crippen MR) is 128 cm³/mol. The Morgan fingerprint density at radius 3 is 2.83 bits per heavy atom. The number of rotatable bonds is 9. The lowest BCUT2D eigenvalue weighted by Crippen LogP contribution is -2.31. The van der Waals surface area contributed by atoms with Crippen LogP contribution in [0.5, 0.6) is 0 Å². The maximum absolute atomic E-state index is 4.79. The van der Waals surface area contributed by atoms with Gasteiger partial charge >= 0.3 is 0 Å². The number of nitrogens with one attached hydrogen (secondary N) is 2. The van der Waals surface area contributed by atoms with E-state index in [4.69, 9.17) is 4.99 Å². The molecule has 0 fully saturated rings. The molecule has 2 N–H and O–H groups in total. The van der Waals surface area contributed by atoms with Crippen LogP contribution in [0.4, 0.5) is 0 Å². The van der Waals surface area contributed by atoms with Crippen molar-refractivity contribution < 1.29 is 0 Å². The largest absolute Gasteiger partial charge is 0.370 e. The molecule has 0 aliphatic heterocycles. The third-order valence-corrected chi connectivity index (χ3v) is 4.60. The minimum absolute atomic E-state index is 0.278. The van der Waals surface area contributed by atoms with Gasteiger partial charge in [-0.25, -0.2) is 4.99 Å². The average Bonchev–Trinajstić information content (AvgIpc) is 2.94. The lowest BCUT2D eigenvalue weighted by atomic mass is 9.92. The van der Waals surface area contributed by atoms with Crippen LogP contribution >= 0.6 is 0 Å². The second-order valence-corrected chi connectivity index (χ2v) is 6.73. The molecule has 2 unspecified atom stereocenters. The highest BCUT2D eigenvalue weighted by Crippen LogP contribution is 2.22. The summed E-state index contributed by atoms with van der Waals surface area (Å²) in [5, 5.41) is 6.79. The molecular weight excluding hydrogens is 356 g/mol. The van der Waals surface area contributed by atoms with Crippen molar-refractivity contribution >= 4 is 11.7 Å². The highest BCUT2D eigenvalue weighted by atomic mass is 15.0. The van der Waals surface area contributed by atoms with E-state index in [2.05, 4.69) is 71.3 Å². The van der Waals surface area contributed by atoms with E-state index in [1.165, 1.54) is 0 Å². The van der Waals surface area contributed by atoms with Crippen molar-refractivity contribution in [3.8, 4) is 11.8 Å². The normalized spacial score (nSPS) is 20.3. The van der Waals surface area contributed by atoms with Gasteiger partial charge in [-0.1, -0.05) is 55.4 Å². The van der Waals surface area contributed by atoms with Crippen molar-refractivity contribution in [2.24, 2.45) is 15.9 Å². The molecule has 0 bridgehead atoms. The summed E-state index contributed by atoms with van der Waals surface area (Å²) in [7, 11) is 3.80. The summed E-state index contributed by atoms with van der Waals surface area (Å²) in [4.78, 5) is 9.25. The number of hydrogen-bond acceptors (Lipinski definition) is 2. The Morgan fingerprint density at radius 1 is 1.34 bits per heavy atom. The molecule has 0 spiro atoms. The van der Waals surface area contributed by atoms with Crippen molar-refractivity contribution in [1.29, 1.82) is 0 Å². The number of aliphatic imine (C=N–C) groups is 2. The first-order valence-electron chi connectivity index (χ1n) is 10.4. The Balaban J connectivity index is 3.01. The summed E-state index contributed by atoms with van der Waals surface area (Å²) in [5.74, 6) is 7.86. The lowest BCUT2D eigenvalue weighted by molar-refractivity contribution is 0.436. The fourth-order valence-electron chi connectivity index (χ4n) is 3.09. The summed E-state index contributed by atoms with van der Waals surface area (Å²) >= 11 is 0. The van der Waals surface area contributed by atoms with Crippen LogP contribution in [0.1, 0.15) is 39.5 Å². The van der Waals surface area contributed by atoms with E-state index < -0.39 is 0 Å². The molecule has 1 aliphatic rings. The third kappa shape index (κ3) is 9.40. The van der Waals surface area contributed by atoms with E-state index in [9.17, 15) is 0 Å². The zero-order valence-corrected chi connectivity index (χ0v) is 18.4. The molecule has 0 aromatic carbocycles. The van der Waals surface area contributed by atoms with Crippen LogP contribution in [0.2, 0.25) is 0 Å². The van der Waals surface area contributed by atoms with Crippen LogP contribution in [0.3, 0.4) is 0 Å². The Hall–Kier alpha value is -2.64. The van der Waals surface area contributed by atoms with Crippen molar-refractivity contribution in [2.75, 3.05) is 20.6 Å². The monoisotopic (exact) mass is 392 g/mol. The maximum Gasteiger partial charge on any atom is 0.156 e. The van der Waals surface area contributed by atoms with Crippen LogP contribution < -0.4 is 10.6 Å². The second kappa shape index (κ2) is 15.3. The Bertz CT molecular complexity index is 739. The van der Waals surface area contributed by atoms with Gasteiger partial charge in [-0.3, -0.25) is 4.99 Å². The summed E-state index contributed by atoms with van der Waals surface area (Å²) < 4.78 is 0. The fraction of sp³-hybridized carbons (Fsp3) is 0.440. The number of amidine groups is 2. The van der Waals surface area contributed by atoms with Gasteiger partial charge in [0.1, 0.15) is 5.84 Å². The van der Waals surface area contributed by atoms with Crippen molar-refractivity contribution in [1.82, 2.24) is 10.6 Å². The molecule has 29 heavy (non-hydrogen) atoms. The van der Waals surface area contributed by atoms with E-state index in [1.807, 2.05) is 32.2 Å². The van der Waals surface area contributed by atoms with Gasteiger partial charge < -0.3 is 10.6 Å². The minimum Gasteiger partial charge on any atom is -0.370 e. The summed E-state index contributed by atoms with van der Waals surface area (Å²) in [5.41, 5.74) is 1.05. The predicted octanol–water partition coefficient (Wildman–Crippen LogP) is 4.61. The van der Waals surface area contributed by atoms with Crippen LogP contribution in [0.25, 0.3) is 0 Å². The first-order valence-corrected chi connectivity index (χ1v) is 10.4. The number of nitrogens with zero attached hydrogens (tertiary/aromatic N) is 2. The minimum atomic E-state index is 0.278. The third-order valence-electron chi connectivity index (χ3n) is 4.60. The van der Waals surface area contributed by atoms with Gasteiger partial charge in [-0.15, -0.1) is 12.5 Å². The van der Waals surface area contributed by atoms with E-state index in [1.54, 1.807) is 7.05 Å². The van der Waals surface area contributed by atoms with Crippen LogP contribution in [0, 0.1) is 17.8 Å². The summed E-state index contributed by atoms with van der Waals surface area (Å²) in [6, 6.07) is 0.278. The highest BCUT2D eigenvalue weighted by Gasteiger charge is 2.20. The molecular formula is C25H36N4. The van der Waals surface area contributed by atoms with E-state index in [-0.39, 0.29) is 6.04 Å². The van der Waals surface area contributed by atoms with Gasteiger partial charge in [0.15, 0.2) is 5.84 Å². The molecule has 4 nitrogen and oxygen atoms in total. The second-order valence-electron chi connectivity index (χ2n) is 6.73.